The minimum atomic E-state index is 0.601. The number of aryl methyl sites for hydroxylation is 1. The summed E-state index contributed by atoms with van der Waals surface area (Å²) in [4.78, 5) is 6.68. The molecular formula is C14H16Cl2N2S. The largest absolute Gasteiger partial charge is 0.369 e. The Morgan fingerprint density at radius 1 is 1.11 bits per heavy atom. The van der Waals surface area contributed by atoms with Gasteiger partial charge in [-0.1, -0.05) is 12.1 Å². The van der Waals surface area contributed by atoms with Crippen molar-refractivity contribution in [3.05, 3.63) is 34.7 Å². The zero-order chi connectivity index (χ0) is 13.7. The summed E-state index contributed by atoms with van der Waals surface area (Å²) < 4.78 is 0. The van der Waals surface area contributed by atoms with Crippen molar-refractivity contribution in [2.45, 2.75) is 6.92 Å². The van der Waals surface area contributed by atoms with E-state index in [2.05, 4.69) is 39.5 Å². The van der Waals surface area contributed by atoms with Crippen molar-refractivity contribution in [1.82, 2.24) is 4.98 Å². The average Bonchev–Trinajstić information content (AvgIpc) is 2.85. The number of aromatic nitrogens is 1. The number of hydrogen-bond donors (Lipinski definition) is 0. The molecule has 0 aliphatic rings. The average molecular weight is 315 g/mol. The quantitative estimate of drug-likeness (QED) is 0.734. The van der Waals surface area contributed by atoms with Crippen LogP contribution >= 0.6 is 34.5 Å². The topological polar surface area (TPSA) is 16.1 Å². The molecular weight excluding hydrogens is 299 g/mol. The molecule has 5 heteroatoms. The van der Waals surface area contributed by atoms with Crippen molar-refractivity contribution in [2.24, 2.45) is 0 Å². The van der Waals surface area contributed by atoms with Crippen LogP contribution in [-0.4, -0.2) is 29.8 Å². The zero-order valence-electron chi connectivity index (χ0n) is 10.8. The third-order valence-corrected chi connectivity index (χ3v) is 3.97. The van der Waals surface area contributed by atoms with Crippen LogP contribution in [0.5, 0.6) is 0 Å². The Labute approximate surface area is 128 Å². The Kier molecular flexibility index (Phi) is 5.49. The van der Waals surface area contributed by atoms with E-state index in [0.717, 1.165) is 35.0 Å². The van der Waals surface area contributed by atoms with Gasteiger partial charge in [0.1, 0.15) is 0 Å². The van der Waals surface area contributed by atoms with Crippen LogP contribution in [0.15, 0.2) is 29.6 Å². The first-order valence-corrected chi connectivity index (χ1v) is 8.09. The van der Waals surface area contributed by atoms with Crippen LogP contribution in [0.25, 0.3) is 11.3 Å². The van der Waals surface area contributed by atoms with Gasteiger partial charge in [0.2, 0.25) is 0 Å². The third-order valence-electron chi connectivity index (χ3n) is 2.86. The van der Waals surface area contributed by atoms with Crippen molar-refractivity contribution in [3.8, 4) is 11.3 Å². The van der Waals surface area contributed by atoms with E-state index in [1.54, 1.807) is 11.3 Å². The number of nitrogens with zero attached hydrogens (tertiary/aromatic N) is 2. The van der Waals surface area contributed by atoms with Gasteiger partial charge in [-0.25, -0.2) is 4.98 Å². The first kappa shape index (κ1) is 14.6. The van der Waals surface area contributed by atoms with Crippen LogP contribution in [0, 0.1) is 6.92 Å². The van der Waals surface area contributed by atoms with E-state index >= 15 is 0 Å². The molecule has 0 spiro atoms. The normalized spacial score (nSPS) is 10.7. The van der Waals surface area contributed by atoms with E-state index in [9.17, 15) is 0 Å². The van der Waals surface area contributed by atoms with Crippen molar-refractivity contribution >= 4 is 40.2 Å². The van der Waals surface area contributed by atoms with Gasteiger partial charge in [0.15, 0.2) is 0 Å². The molecule has 0 unspecified atom stereocenters. The Hall–Kier alpha value is -0.770. The van der Waals surface area contributed by atoms with Crippen LogP contribution in [0.3, 0.4) is 0 Å². The van der Waals surface area contributed by atoms with Gasteiger partial charge < -0.3 is 4.90 Å². The smallest absolute Gasteiger partial charge is 0.0901 e. The molecule has 19 heavy (non-hydrogen) atoms. The molecule has 102 valence electrons. The van der Waals surface area contributed by atoms with Crippen molar-refractivity contribution in [3.63, 3.8) is 0 Å². The highest BCUT2D eigenvalue weighted by molar-refractivity contribution is 7.09. The SMILES string of the molecule is Cc1nc(-c2ccc(N(CCCl)CCCl)cc2)cs1. The standard InChI is InChI=1S/C14H16Cl2N2S/c1-11-17-14(10-19-11)12-2-4-13(5-3-12)18(8-6-15)9-7-16/h2-5,10H,6-9H2,1H3. The fourth-order valence-corrected chi connectivity index (χ4v) is 2.94. The summed E-state index contributed by atoms with van der Waals surface area (Å²) in [5.74, 6) is 1.20. The van der Waals surface area contributed by atoms with Gasteiger partial charge >= 0.3 is 0 Å². The van der Waals surface area contributed by atoms with E-state index < -0.39 is 0 Å². The van der Waals surface area contributed by atoms with Crippen LogP contribution < -0.4 is 4.90 Å². The summed E-state index contributed by atoms with van der Waals surface area (Å²) in [5.41, 5.74) is 3.33. The lowest BCUT2D eigenvalue weighted by Gasteiger charge is -2.22. The monoisotopic (exact) mass is 314 g/mol. The summed E-state index contributed by atoms with van der Waals surface area (Å²) in [6.07, 6.45) is 0. The number of anilines is 1. The summed E-state index contributed by atoms with van der Waals surface area (Å²) in [6.45, 7) is 3.64. The van der Waals surface area contributed by atoms with Crippen molar-refractivity contribution in [1.29, 1.82) is 0 Å². The zero-order valence-corrected chi connectivity index (χ0v) is 13.1. The van der Waals surface area contributed by atoms with Crippen LogP contribution in [0.1, 0.15) is 5.01 Å². The molecule has 0 bridgehead atoms. The summed E-state index contributed by atoms with van der Waals surface area (Å²) in [5, 5.41) is 3.17. The molecule has 2 aromatic rings. The Bertz CT molecular complexity index is 504. The lowest BCUT2D eigenvalue weighted by Crippen LogP contribution is -2.27. The molecule has 2 rings (SSSR count). The predicted molar refractivity (Wildman–Crippen MR) is 85.9 cm³/mol. The number of rotatable bonds is 6. The number of benzene rings is 1. The Morgan fingerprint density at radius 2 is 1.74 bits per heavy atom. The van der Waals surface area contributed by atoms with Gasteiger partial charge in [-0.2, -0.15) is 0 Å². The maximum Gasteiger partial charge on any atom is 0.0901 e. The van der Waals surface area contributed by atoms with Crippen molar-refractivity contribution in [2.75, 3.05) is 29.7 Å². The molecule has 0 aliphatic carbocycles. The highest BCUT2D eigenvalue weighted by atomic mass is 35.5. The predicted octanol–water partition coefficient (Wildman–Crippen LogP) is 4.40. The van der Waals surface area contributed by atoms with Crippen molar-refractivity contribution < 1.29 is 0 Å². The number of alkyl halides is 2. The molecule has 0 saturated carbocycles. The second kappa shape index (κ2) is 7.13. The molecule has 1 aromatic heterocycles. The van der Waals surface area contributed by atoms with Crippen LogP contribution in [-0.2, 0) is 0 Å². The third kappa shape index (κ3) is 3.85. The molecule has 1 heterocycles. The summed E-state index contributed by atoms with van der Waals surface area (Å²) in [6, 6.07) is 8.39. The molecule has 0 atom stereocenters. The minimum absolute atomic E-state index is 0.601. The highest BCUT2D eigenvalue weighted by Crippen LogP contribution is 2.24. The number of thiazole rings is 1. The molecule has 0 aliphatic heterocycles. The fraction of sp³-hybridized carbons (Fsp3) is 0.357. The minimum Gasteiger partial charge on any atom is -0.369 e. The lowest BCUT2D eigenvalue weighted by atomic mass is 10.1. The molecule has 0 radical (unpaired) electrons. The highest BCUT2D eigenvalue weighted by Gasteiger charge is 2.07. The first-order chi connectivity index (χ1) is 9.24. The molecule has 1 aromatic carbocycles. The Balaban J connectivity index is 2.17. The molecule has 0 fully saturated rings. The van der Waals surface area contributed by atoms with E-state index in [1.807, 2.05) is 6.92 Å². The maximum atomic E-state index is 5.82. The lowest BCUT2D eigenvalue weighted by molar-refractivity contribution is 0.874. The summed E-state index contributed by atoms with van der Waals surface area (Å²) in [7, 11) is 0. The molecule has 0 saturated heterocycles. The summed E-state index contributed by atoms with van der Waals surface area (Å²) >= 11 is 13.3. The van der Waals surface area contributed by atoms with Crippen LogP contribution in [0.4, 0.5) is 5.69 Å². The number of halogens is 2. The van der Waals surface area contributed by atoms with Gasteiger partial charge in [-0.15, -0.1) is 34.5 Å². The van der Waals surface area contributed by atoms with Gasteiger partial charge in [0.05, 0.1) is 10.7 Å². The second-order valence-corrected chi connectivity index (χ2v) is 5.98. The van der Waals surface area contributed by atoms with E-state index in [-0.39, 0.29) is 0 Å². The van der Waals surface area contributed by atoms with E-state index in [4.69, 9.17) is 23.2 Å². The van der Waals surface area contributed by atoms with E-state index in [0.29, 0.717) is 11.8 Å². The van der Waals surface area contributed by atoms with Gasteiger partial charge in [-0.05, 0) is 19.1 Å². The first-order valence-electron chi connectivity index (χ1n) is 6.14. The second-order valence-electron chi connectivity index (χ2n) is 4.16. The van der Waals surface area contributed by atoms with Gasteiger partial charge in [-0.3, -0.25) is 0 Å². The van der Waals surface area contributed by atoms with Gasteiger partial charge in [0.25, 0.3) is 0 Å². The Morgan fingerprint density at radius 3 is 2.21 bits per heavy atom. The van der Waals surface area contributed by atoms with E-state index in [1.165, 1.54) is 0 Å². The molecule has 2 nitrogen and oxygen atoms in total. The molecule has 0 N–H and O–H groups in total. The molecule has 0 amide bonds. The number of hydrogen-bond acceptors (Lipinski definition) is 3. The fourth-order valence-electron chi connectivity index (χ4n) is 1.91. The van der Waals surface area contributed by atoms with Crippen LogP contribution in [0.2, 0.25) is 0 Å². The maximum absolute atomic E-state index is 5.82. The van der Waals surface area contributed by atoms with Gasteiger partial charge in [0, 0.05) is 41.5 Å².